The maximum Gasteiger partial charge on any atom is 0.417 e. The molecule has 0 amide bonds. The van der Waals surface area contributed by atoms with Crippen LogP contribution in [0.3, 0.4) is 0 Å². The van der Waals surface area contributed by atoms with E-state index >= 15 is 0 Å². The van der Waals surface area contributed by atoms with Gasteiger partial charge in [-0.2, -0.15) is 13.2 Å². The molecule has 0 aliphatic heterocycles. The third-order valence-electron chi connectivity index (χ3n) is 3.45. The zero-order valence-electron chi connectivity index (χ0n) is 13.0. The quantitative estimate of drug-likeness (QED) is 0.728. The summed E-state index contributed by atoms with van der Waals surface area (Å²) < 4.78 is 61.7. The van der Waals surface area contributed by atoms with Gasteiger partial charge in [-0.1, -0.05) is 23.7 Å². The molecule has 2 aromatic carbocycles. The molecule has 0 aromatic heterocycles. The van der Waals surface area contributed by atoms with Gasteiger partial charge in [-0.25, -0.2) is 13.6 Å². The Morgan fingerprint density at radius 2 is 1.84 bits per heavy atom. The van der Waals surface area contributed by atoms with Crippen molar-refractivity contribution in [3.8, 4) is 0 Å². The van der Waals surface area contributed by atoms with Gasteiger partial charge in [-0.3, -0.25) is 0 Å². The Bertz CT molecular complexity index is 855. The lowest BCUT2D eigenvalue weighted by Gasteiger charge is -2.14. The van der Waals surface area contributed by atoms with Crippen LogP contribution in [0, 0.1) is 0 Å². The first-order valence-electron chi connectivity index (χ1n) is 7.30. The summed E-state index contributed by atoms with van der Waals surface area (Å²) in [6, 6.07) is 10.2. The first-order valence-corrected chi connectivity index (χ1v) is 9.22. The molecular weight excluding hydrogens is 377 g/mol. The number of halogens is 4. The summed E-state index contributed by atoms with van der Waals surface area (Å²) in [5, 5.41) is 8.32. The molecule has 0 aliphatic rings. The van der Waals surface area contributed by atoms with Crippen LogP contribution in [0.25, 0.3) is 0 Å². The van der Waals surface area contributed by atoms with Gasteiger partial charge in [-0.15, -0.1) is 0 Å². The lowest BCUT2D eigenvalue weighted by Crippen LogP contribution is -2.19. The molecule has 0 saturated heterocycles. The molecule has 0 fully saturated rings. The summed E-state index contributed by atoms with van der Waals surface area (Å²) in [6.07, 6.45) is -3.45. The Balaban J connectivity index is 2.05. The lowest BCUT2D eigenvalue weighted by atomic mass is 10.1. The Morgan fingerprint density at radius 3 is 2.44 bits per heavy atom. The summed E-state index contributed by atoms with van der Waals surface area (Å²) in [5.74, 6) is 0. The van der Waals surface area contributed by atoms with Crippen molar-refractivity contribution in [2.75, 3.05) is 11.9 Å². The molecule has 3 N–H and O–H groups in total. The van der Waals surface area contributed by atoms with E-state index in [-0.39, 0.29) is 5.69 Å². The maximum atomic E-state index is 13.0. The van der Waals surface area contributed by atoms with Crippen molar-refractivity contribution in [1.82, 2.24) is 0 Å². The Morgan fingerprint density at radius 1 is 1.12 bits per heavy atom. The van der Waals surface area contributed by atoms with E-state index in [1.165, 1.54) is 6.07 Å². The van der Waals surface area contributed by atoms with Crippen LogP contribution in [-0.4, -0.2) is 15.0 Å². The highest BCUT2D eigenvalue weighted by Crippen LogP contribution is 2.35. The summed E-state index contributed by atoms with van der Waals surface area (Å²) in [4.78, 5) is -0.940. The van der Waals surface area contributed by atoms with Crippen LogP contribution >= 0.6 is 11.6 Å². The van der Waals surface area contributed by atoms with Crippen LogP contribution < -0.4 is 10.5 Å². The number of nitrogens with two attached hydrogens (primary N) is 1. The number of sulfonamides is 1. The van der Waals surface area contributed by atoms with Crippen molar-refractivity contribution >= 4 is 27.3 Å². The van der Waals surface area contributed by atoms with Crippen LogP contribution in [0.5, 0.6) is 0 Å². The molecule has 2 aromatic rings. The Kier molecular flexibility index (Phi) is 5.97. The predicted octanol–water partition coefficient (Wildman–Crippen LogP) is 4.05. The van der Waals surface area contributed by atoms with Crippen LogP contribution in [-0.2, 0) is 22.6 Å². The third kappa shape index (κ3) is 5.62. The molecule has 4 nitrogen and oxygen atoms in total. The second kappa shape index (κ2) is 7.63. The smallest absolute Gasteiger partial charge is 0.385 e. The van der Waals surface area contributed by atoms with Gasteiger partial charge < -0.3 is 5.32 Å². The normalized spacial score (nSPS) is 12.2. The molecule has 0 unspecified atom stereocenters. The van der Waals surface area contributed by atoms with E-state index in [0.717, 1.165) is 17.7 Å². The predicted molar refractivity (Wildman–Crippen MR) is 91.1 cm³/mol. The molecule has 0 heterocycles. The van der Waals surface area contributed by atoms with E-state index in [1.54, 1.807) is 6.07 Å². The van der Waals surface area contributed by atoms with Crippen molar-refractivity contribution in [2.24, 2.45) is 5.14 Å². The number of nitrogens with one attached hydrogen (secondary N) is 1. The van der Waals surface area contributed by atoms with Crippen molar-refractivity contribution < 1.29 is 21.6 Å². The van der Waals surface area contributed by atoms with Crippen LogP contribution in [0.1, 0.15) is 17.5 Å². The number of hydrogen-bond donors (Lipinski definition) is 2. The van der Waals surface area contributed by atoms with E-state index in [9.17, 15) is 21.6 Å². The number of primary sulfonamides is 1. The number of benzene rings is 2. The first kappa shape index (κ1) is 19.6. The Labute approximate surface area is 148 Å². The van der Waals surface area contributed by atoms with Gasteiger partial charge in [0.25, 0.3) is 0 Å². The number of rotatable bonds is 6. The van der Waals surface area contributed by atoms with Crippen molar-refractivity contribution in [3.05, 3.63) is 58.6 Å². The third-order valence-corrected chi connectivity index (χ3v) is 4.66. The SMILES string of the molecule is NS(=O)(=O)c1ccc(NCCCc2cccc(Cl)c2)cc1C(F)(F)F. The molecule has 0 saturated carbocycles. The fourth-order valence-corrected chi connectivity index (χ4v) is 3.28. The number of anilines is 1. The molecule has 0 spiro atoms. The van der Waals surface area contributed by atoms with Gasteiger partial charge in [0.2, 0.25) is 10.0 Å². The molecular formula is C16H16ClF3N2O2S. The molecule has 0 radical (unpaired) electrons. The minimum absolute atomic E-state index is 0.172. The maximum absolute atomic E-state index is 13.0. The standard InChI is InChI=1S/C16H16ClF3N2O2S/c17-12-5-1-3-11(9-12)4-2-8-22-13-6-7-15(25(21,23)24)14(10-13)16(18,19)20/h1,3,5-7,9-10,22H,2,4,8H2,(H2,21,23,24). The summed E-state index contributed by atoms with van der Waals surface area (Å²) in [7, 11) is -4.46. The summed E-state index contributed by atoms with van der Waals surface area (Å²) in [5.41, 5.74) is -0.0875. The second-order valence-corrected chi connectivity index (χ2v) is 7.38. The molecule has 9 heteroatoms. The van der Waals surface area contributed by atoms with Gasteiger partial charge in [0.1, 0.15) is 0 Å². The van der Waals surface area contributed by atoms with Crippen LogP contribution in [0.2, 0.25) is 5.02 Å². The van der Waals surface area contributed by atoms with Gasteiger partial charge >= 0.3 is 6.18 Å². The lowest BCUT2D eigenvalue weighted by molar-refractivity contribution is -0.139. The fourth-order valence-electron chi connectivity index (χ4n) is 2.33. The van der Waals surface area contributed by atoms with E-state index < -0.39 is 26.7 Å². The van der Waals surface area contributed by atoms with E-state index in [2.05, 4.69) is 5.32 Å². The van der Waals surface area contributed by atoms with Gasteiger partial charge in [0, 0.05) is 17.3 Å². The zero-order chi connectivity index (χ0) is 18.7. The highest BCUT2D eigenvalue weighted by molar-refractivity contribution is 7.89. The molecule has 0 bridgehead atoms. The number of alkyl halides is 3. The van der Waals surface area contributed by atoms with Crippen molar-refractivity contribution in [2.45, 2.75) is 23.9 Å². The minimum Gasteiger partial charge on any atom is -0.385 e. The van der Waals surface area contributed by atoms with E-state index in [4.69, 9.17) is 16.7 Å². The van der Waals surface area contributed by atoms with Crippen LogP contribution in [0.4, 0.5) is 18.9 Å². The minimum atomic E-state index is -4.82. The van der Waals surface area contributed by atoms with Gasteiger partial charge in [0.15, 0.2) is 0 Å². The molecule has 2 rings (SSSR count). The highest BCUT2D eigenvalue weighted by atomic mass is 35.5. The molecule has 25 heavy (non-hydrogen) atoms. The average molecular weight is 393 g/mol. The summed E-state index contributed by atoms with van der Waals surface area (Å²) >= 11 is 5.88. The fraction of sp³-hybridized carbons (Fsp3) is 0.250. The largest absolute Gasteiger partial charge is 0.417 e. The van der Waals surface area contributed by atoms with Crippen LogP contribution in [0.15, 0.2) is 47.4 Å². The van der Waals surface area contributed by atoms with Gasteiger partial charge in [-0.05, 0) is 48.7 Å². The molecule has 0 atom stereocenters. The van der Waals surface area contributed by atoms with Gasteiger partial charge in [0.05, 0.1) is 10.5 Å². The van der Waals surface area contributed by atoms with Crippen molar-refractivity contribution in [1.29, 1.82) is 0 Å². The molecule has 0 aliphatic carbocycles. The van der Waals surface area contributed by atoms with E-state index in [1.807, 2.05) is 18.2 Å². The first-order chi connectivity index (χ1) is 11.6. The highest BCUT2D eigenvalue weighted by Gasteiger charge is 2.36. The second-order valence-electron chi connectivity index (χ2n) is 5.41. The average Bonchev–Trinajstić information content (AvgIpc) is 2.50. The number of aryl methyl sites for hydroxylation is 1. The topological polar surface area (TPSA) is 72.2 Å². The molecule has 136 valence electrons. The van der Waals surface area contributed by atoms with Crippen molar-refractivity contribution in [3.63, 3.8) is 0 Å². The summed E-state index contributed by atoms with van der Waals surface area (Å²) in [6.45, 7) is 0.415. The van der Waals surface area contributed by atoms with E-state index in [0.29, 0.717) is 24.4 Å². The monoisotopic (exact) mass is 392 g/mol. The zero-order valence-corrected chi connectivity index (χ0v) is 14.5. The number of hydrogen-bond acceptors (Lipinski definition) is 3. The Hall–Kier alpha value is -1.77.